The SMILES string of the molecule is CCOC(=O)/C(C(=O)O)=C(\C)OCC. The first-order chi connectivity index (χ1) is 6.54. The number of carbonyl (C=O) groups excluding carboxylic acids is 1. The van der Waals surface area contributed by atoms with Crippen molar-refractivity contribution in [3.05, 3.63) is 11.3 Å². The Labute approximate surface area is 82.3 Å². The van der Waals surface area contributed by atoms with E-state index in [2.05, 4.69) is 4.74 Å². The highest BCUT2D eigenvalue weighted by atomic mass is 16.5. The lowest BCUT2D eigenvalue weighted by Crippen LogP contribution is -2.18. The van der Waals surface area contributed by atoms with Gasteiger partial charge in [-0.2, -0.15) is 0 Å². The van der Waals surface area contributed by atoms with E-state index in [1.165, 1.54) is 6.92 Å². The predicted octanol–water partition coefficient (Wildman–Crippen LogP) is 0.945. The summed E-state index contributed by atoms with van der Waals surface area (Å²) >= 11 is 0. The van der Waals surface area contributed by atoms with Gasteiger partial charge in [-0.25, -0.2) is 9.59 Å². The minimum Gasteiger partial charge on any atom is -0.497 e. The molecule has 0 heterocycles. The van der Waals surface area contributed by atoms with E-state index in [-0.39, 0.29) is 12.4 Å². The second-order valence-corrected chi connectivity index (χ2v) is 2.39. The molecule has 0 aliphatic carbocycles. The van der Waals surface area contributed by atoms with Crippen LogP contribution >= 0.6 is 0 Å². The van der Waals surface area contributed by atoms with Gasteiger partial charge in [-0.15, -0.1) is 0 Å². The topological polar surface area (TPSA) is 72.8 Å². The third-order valence-corrected chi connectivity index (χ3v) is 1.41. The number of carboxylic acid groups (broad SMARTS) is 1. The first-order valence-electron chi connectivity index (χ1n) is 4.28. The van der Waals surface area contributed by atoms with Crippen LogP contribution in [-0.2, 0) is 19.1 Å². The van der Waals surface area contributed by atoms with Crippen molar-refractivity contribution in [2.45, 2.75) is 20.8 Å². The quantitative estimate of drug-likeness (QED) is 0.236. The average molecular weight is 202 g/mol. The highest BCUT2D eigenvalue weighted by Crippen LogP contribution is 2.08. The van der Waals surface area contributed by atoms with E-state index in [4.69, 9.17) is 9.84 Å². The number of allylic oxidation sites excluding steroid dienone is 1. The fraction of sp³-hybridized carbons (Fsp3) is 0.556. The molecule has 5 nitrogen and oxygen atoms in total. The molecule has 0 atom stereocenters. The zero-order valence-electron chi connectivity index (χ0n) is 8.49. The van der Waals surface area contributed by atoms with Gasteiger partial charge in [0.15, 0.2) is 5.57 Å². The van der Waals surface area contributed by atoms with Gasteiger partial charge in [-0.05, 0) is 20.8 Å². The fourth-order valence-electron chi connectivity index (χ4n) is 0.874. The van der Waals surface area contributed by atoms with Crippen molar-refractivity contribution < 1.29 is 24.2 Å². The van der Waals surface area contributed by atoms with E-state index in [0.717, 1.165) is 0 Å². The maximum atomic E-state index is 11.2. The third kappa shape index (κ3) is 3.47. The summed E-state index contributed by atoms with van der Waals surface area (Å²) in [6.45, 7) is 5.17. The van der Waals surface area contributed by atoms with E-state index in [1.54, 1.807) is 13.8 Å². The first kappa shape index (κ1) is 12.5. The number of aliphatic carboxylic acids is 1. The molecule has 0 radical (unpaired) electrons. The molecule has 0 unspecified atom stereocenters. The summed E-state index contributed by atoms with van der Waals surface area (Å²) in [6, 6.07) is 0. The summed E-state index contributed by atoms with van der Waals surface area (Å²) in [6.07, 6.45) is 0. The summed E-state index contributed by atoms with van der Waals surface area (Å²) in [4.78, 5) is 21.9. The van der Waals surface area contributed by atoms with E-state index in [0.29, 0.717) is 6.61 Å². The Hall–Kier alpha value is -1.52. The molecule has 0 aliphatic rings. The number of hydrogen-bond donors (Lipinski definition) is 1. The number of carbonyl (C=O) groups is 2. The minimum absolute atomic E-state index is 0.0680. The third-order valence-electron chi connectivity index (χ3n) is 1.41. The van der Waals surface area contributed by atoms with Crippen molar-refractivity contribution >= 4 is 11.9 Å². The molecule has 14 heavy (non-hydrogen) atoms. The number of rotatable bonds is 5. The van der Waals surface area contributed by atoms with Crippen molar-refractivity contribution in [3.8, 4) is 0 Å². The smallest absolute Gasteiger partial charge is 0.349 e. The van der Waals surface area contributed by atoms with Gasteiger partial charge in [-0.1, -0.05) is 0 Å². The first-order valence-corrected chi connectivity index (χ1v) is 4.28. The molecule has 0 aliphatic heterocycles. The summed E-state index contributed by atoms with van der Waals surface area (Å²) in [5, 5.41) is 8.73. The second kappa shape index (κ2) is 6.01. The van der Waals surface area contributed by atoms with E-state index in [9.17, 15) is 9.59 Å². The van der Waals surface area contributed by atoms with Crippen LogP contribution in [0.15, 0.2) is 11.3 Å². The van der Waals surface area contributed by atoms with Crippen LogP contribution in [0.1, 0.15) is 20.8 Å². The van der Waals surface area contributed by atoms with Crippen LogP contribution in [0.25, 0.3) is 0 Å². The van der Waals surface area contributed by atoms with Crippen LogP contribution < -0.4 is 0 Å². The van der Waals surface area contributed by atoms with Crippen molar-refractivity contribution in [3.63, 3.8) is 0 Å². The maximum Gasteiger partial charge on any atom is 0.349 e. The Morgan fingerprint density at radius 1 is 1.14 bits per heavy atom. The van der Waals surface area contributed by atoms with Crippen LogP contribution in [0.4, 0.5) is 0 Å². The molecular formula is C9H14O5. The van der Waals surface area contributed by atoms with Gasteiger partial charge < -0.3 is 14.6 Å². The highest BCUT2D eigenvalue weighted by molar-refractivity contribution is 6.13. The van der Waals surface area contributed by atoms with Crippen molar-refractivity contribution in [2.75, 3.05) is 13.2 Å². The zero-order chi connectivity index (χ0) is 11.1. The van der Waals surface area contributed by atoms with Gasteiger partial charge in [0.05, 0.1) is 13.2 Å². The van der Waals surface area contributed by atoms with Crippen molar-refractivity contribution in [2.24, 2.45) is 0 Å². The number of carboxylic acids is 1. The molecule has 5 heteroatoms. The molecule has 0 saturated heterocycles. The number of esters is 1. The lowest BCUT2D eigenvalue weighted by atomic mass is 10.2. The highest BCUT2D eigenvalue weighted by Gasteiger charge is 2.22. The summed E-state index contributed by atoms with van der Waals surface area (Å²) in [5.74, 6) is -2.14. The summed E-state index contributed by atoms with van der Waals surface area (Å²) in [7, 11) is 0. The van der Waals surface area contributed by atoms with Crippen LogP contribution in [-0.4, -0.2) is 30.3 Å². The standard InChI is InChI=1S/C9H14O5/c1-4-13-6(3)7(8(10)11)9(12)14-5-2/h4-5H2,1-3H3,(H,10,11)/b7-6+. The molecule has 0 spiro atoms. The number of ether oxygens (including phenoxy) is 2. The van der Waals surface area contributed by atoms with Crippen LogP contribution in [0.3, 0.4) is 0 Å². The van der Waals surface area contributed by atoms with Gasteiger partial charge in [0.2, 0.25) is 0 Å². The fourth-order valence-corrected chi connectivity index (χ4v) is 0.874. The molecule has 80 valence electrons. The summed E-state index contributed by atoms with van der Waals surface area (Å²) in [5.41, 5.74) is -0.450. The minimum atomic E-state index is -1.34. The normalized spacial score (nSPS) is 11.6. The molecule has 0 rings (SSSR count). The van der Waals surface area contributed by atoms with Gasteiger partial charge >= 0.3 is 11.9 Å². The lowest BCUT2D eigenvalue weighted by Gasteiger charge is -2.07. The Kier molecular flexibility index (Phi) is 5.36. The molecule has 0 aromatic heterocycles. The Bertz CT molecular complexity index is 254. The van der Waals surface area contributed by atoms with Crippen LogP contribution in [0, 0.1) is 0 Å². The molecule has 0 amide bonds. The lowest BCUT2D eigenvalue weighted by molar-refractivity contribution is -0.144. The second-order valence-electron chi connectivity index (χ2n) is 2.39. The van der Waals surface area contributed by atoms with Crippen LogP contribution in [0.2, 0.25) is 0 Å². The van der Waals surface area contributed by atoms with Crippen molar-refractivity contribution in [1.82, 2.24) is 0 Å². The van der Waals surface area contributed by atoms with Gasteiger partial charge in [0, 0.05) is 0 Å². The molecule has 1 N–H and O–H groups in total. The predicted molar refractivity (Wildman–Crippen MR) is 48.6 cm³/mol. The van der Waals surface area contributed by atoms with Crippen LogP contribution in [0.5, 0.6) is 0 Å². The molecule has 0 aromatic carbocycles. The average Bonchev–Trinajstić information content (AvgIpc) is 2.04. The Balaban J connectivity index is 4.83. The molecule has 0 aromatic rings. The summed E-state index contributed by atoms with van der Waals surface area (Å²) < 4.78 is 9.51. The number of hydrogen-bond acceptors (Lipinski definition) is 4. The Morgan fingerprint density at radius 2 is 1.64 bits per heavy atom. The monoisotopic (exact) mass is 202 g/mol. The Morgan fingerprint density at radius 3 is 2.00 bits per heavy atom. The van der Waals surface area contributed by atoms with Gasteiger partial charge in [-0.3, -0.25) is 0 Å². The van der Waals surface area contributed by atoms with Gasteiger partial charge in [0.25, 0.3) is 0 Å². The van der Waals surface area contributed by atoms with E-state index < -0.39 is 17.5 Å². The van der Waals surface area contributed by atoms with Crippen molar-refractivity contribution in [1.29, 1.82) is 0 Å². The molecule has 0 saturated carbocycles. The zero-order valence-corrected chi connectivity index (χ0v) is 8.49. The molecule has 0 fully saturated rings. The van der Waals surface area contributed by atoms with Gasteiger partial charge in [0.1, 0.15) is 5.76 Å². The molecule has 0 bridgehead atoms. The largest absolute Gasteiger partial charge is 0.497 e. The van der Waals surface area contributed by atoms with E-state index in [1.807, 2.05) is 0 Å². The van der Waals surface area contributed by atoms with E-state index >= 15 is 0 Å². The molecular weight excluding hydrogens is 188 g/mol. The maximum absolute atomic E-state index is 11.2.